The van der Waals surface area contributed by atoms with Gasteiger partial charge < -0.3 is 20.3 Å². The quantitative estimate of drug-likeness (QED) is 0.544. The number of morpholine rings is 1. The van der Waals surface area contributed by atoms with Gasteiger partial charge in [0.25, 0.3) is 11.8 Å². The van der Waals surface area contributed by atoms with Gasteiger partial charge in [0.05, 0.1) is 11.5 Å². The number of hydrogen-bond acceptors (Lipinski definition) is 6. The van der Waals surface area contributed by atoms with Crippen LogP contribution in [0.5, 0.6) is 0 Å². The first-order chi connectivity index (χ1) is 16.4. The van der Waals surface area contributed by atoms with Crippen LogP contribution in [0.15, 0.2) is 54.9 Å². The topological polar surface area (TPSA) is 101 Å². The van der Waals surface area contributed by atoms with E-state index in [1.54, 1.807) is 29.4 Å². The molecule has 2 N–H and O–H groups in total. The van der Waals surface area contributed by atoms with Gasteiger partial charge in [-0.3, -0.25) is 19.4 Å². The van der Waals surface area contributed by atoms with Crippen LogP contribution < -0.4 is 15.5 Å². The van der Waals surface area contributed by atoms with Crippen molar-refractivity contribution in [2.24, 2.45) is 0 Å². The minimum Gasteiger partial charge on any atom is -0.370 e. The third-order valence-electron chi connectivity index (χ3n) is 5.52. The molecule has 3 aromatic rings. The summed E-state index contributed by atoms with van der Waals surface area (Å²) >= 11 is 1.38. The molecule has 0 saturated carbocycles. The molecule has 1 atom stereocenters. The van der Waals surface area contributed by atoms with Gasteiger partial charge in [0, 0.05) is 41.6 Å². The molecule has 1 aliphatic rings. The Morgan fingerprint density at radius 2 is 1.94 bits per heavy atom. The second kappa shape index (κ2) is 10.6. The molecule has 2 aromatic heterocycles. The summed E-state index contributed by atoms with van der Waals surface area (Å²) in [4.78, 5) is 45.5. The van der Waals surface area contributed by atoms with E-state index in [2.05, 4.69) is 15.6 Å². The lowest BCUT2D eigenvalue weighted by atomic mass is 10.1. The first kappa shape index (κ1) is 23.6. The van der Waals surface area contributed by atoms with Gasteiger partial charge in [-0.05, 0) is 67.4 Å². The molecule has 1 saturated heterocycles. The zero-order chi connectivity index (χ0) is 24.1. The Hall–Kier alpha value is -3.56. The first-order valence-corrected chi connectivity index (χ1v) is 11.8. The molecule has 9 heteroatoms. The minimum atomic E-state index is -0.780. The molecular formula is C25H26N4O4S. The van der Waals surface area contributed by atoms with Gasteiger partial charge in [-0.2, -0.15) is 0 Å². The van der Waals surface area contributed by atoms with Crippen LogP contribution in [-0.2, 0) is 20.7 Å². The Morgan fingerprint density at radius 3 is 2.62 bits per heavy atom. The molecule has 8 nitrogen and oxygen atoms in total. The van der Waals surface area contributed by atoms with Crippen LogP contribution >= 0.6 is 11.3 Å². The number of carbonyl (C=O) groups is 3. The van der Waals surface area contributed by atoms with Gasteiger partial charge in [-0.1, -0.05) is 0 Å². The van der Waals surface area contributed by atoms with E-state index in [1.165, 1.54) is 11.3 Å². The number of pyridine rings is 1. The Labute approximate surface area is 202 Å². The molecule has 1 fully saturated rings. The fraction of sp³-hybridized carbons (Fsp3) is 0.280. The highest BCUT2D eigenvalue weighted by atomic mass is 32.1. The number of hydrogen-bond donors (Lipinski definition) is 2. The molecule has 1 unspecified atom stereocenters. The van der Waals surface area contributed by atoms with Gasteiger partial charge in [-0.15, -0.1) is 11.3 Å². The Bertz CT molecular complexity index is 1190. The van der Waals surface area contributed by atoms with E-state index in [9.17, 15) is 14.4 Å². The molecule has 0 spiro atoms. The SMILES string of the molecule is Cc1ccc(C(=O)NC(Cc2ccncc2)C(=O)Nc2ccc(N3CCOCC3=O)c(C)c2)s1. The van der Waals surface area contributed by atoms with E-state index in [4.69, 9.17) is 4.74 Å². The van der Waals surface area contributed by atoms with Crippen LogP contribution in [0.3, 0.4) is 0 Å². The average Bonchev–Trinajstić information content (AvgIpc) is 3.26. The van der Waals surface area contributed by atoms with Crippen molar-refractivity contribution >= 4 is 40.4 Å². The lowest BCUT2D eigenvalue weighted by molar-refractivity contribution is -0.125. The Balaban J connectivity index is 1.50. The van der Waals surface area contributed by atoms with Crippen molar-refractivity contribution in [1.82, 2.24) is 10.3 Å². The van der Waals surface area contributed by atoms with Crippen LogP contribution in [-0.4, -0.2) is 48.5 Å². The summed E-state index contributed by atoms with van der Waals surface area (Å²) in [6.45, 7) is 4.87. The number of benzene rings is 1. The van der Waals surface area contributed by atoms with E-state index < -0.39 is 6.04 Å². The number of carbonyl (C=O) groups excluding carboxylic acids is 3. The standard InChI is InChI=1S/C25H26N4O4S/c1-16-13-19(4-5-21(16)29-11-12-33-15-23(29)30)27-24(31)20(14-18-7-9-26-10-8-18)28-25(32)22-6-3-17(2)34-22/h3-10,13,20H,11-12,14-15H2,1-2H3,(H,27,31)(H,28,32). The molecular weight excluding hydrogens is 452 g/mol. The lowest BCUT2D eigenvalue weighted by Gasteiger charge is -2.28. The summed E-state index contributed by atoms with van der Waals surface area (Å²) in [6.07, 6.45) is 3.64. The highest BCUT2D eigenvalue weighted by Gasteiger charge is 2.24. The van der Waals surface area contributed by atoms with Crippen LogP contribution in [0.25, 0.3) is 0 Å². The molecule has 3 heterocycles. The number of aromatic nitrogens is 1. The predicted molar refractivity (Wildman–Crippen MR) is 131 cm³/mol. The molecule has 0 aliphatic carbocycles. The third-order valence-corrected chi connectivity index (χ3v) is 6.52. The number of aryl methyl sites for hydroxylation is 2. The average molecular weight is 479 g/mol. The zero-order valence-electron chi connectivity index (χ0n) is 19.0. The van der Waals surface area contributed by atoms with E-state index in [-0.39, 0.29) is 24.3 Å². The van der Waals surface area contributed by atoms with Gasteiger partial charge in [0.2, 0.25) is 5.91 Å². The van der Waals surface area contributed by atoms with Crippen molar-refractivity contribution in [3.8, 4) is 0 Å². The Morgan fingerprint density at radius 1 is 1.15 bits per heavy atom. The summed E-state index contributed by atoms with van der Waals surface area (Å²) in [5.74, 6) is -0.701. The number of ether oxygens (including phenoxy) is 1. The molecule has 0 bridgehead atoms. The first-order valence-electron chi connectivity index (χ1n) is 11.0. The van der Waals surface area contributed by atoms with Gasteiger partial charge in [0.1, 0.15) is 12.6 Å². The van der Waals surface area contributed by atoms with E-state index >= 15 is 0 Å². The number of nitrogens with zero attached hydrogens (tertiary/aromatic N) is 2. The number of anilines is 2. The van der Waals surface area contributed by atoms with Crippen molar-refractivity contribution in [1.29, 1.82) is 0 Å². The molecule has 0 radical (unpaired) electrons. The van der Waals surface area contributed by atoms with Crippen LogP contribution in [0, 0.1) is 13.8 Å². The van der Waals surface area contributed by atoms with Crippen LogP contribution in [0.4, 0.5) is 11.4 Å². The van der Waals surface area contributed by atoms with Gasteiger partial charge in [-0.25, -0.2) is 0 Å². The van der Waals surface area contributed by atoms with Gasteiger partial charge >= 0.3 is 0 Å². The van der Waals surface area contributed by atoms with Crippen LogP contribution in [0.2, 0.25) is 0 Å². The molecule has 34 heavy (non-hydrogen) atoms. The van der Waals surface area contributed by atoms with Crippen molar-refractivity contribution < 1.29 is 19.1 Å². The van der Waals surface area contributed by atoms with E-state index in [1.807, 2.05) is 44.2 Å². The fourth-order valence-electron chi connectivity index (χ4n) is 3.79. The number of nitrogens with one attached hydrogen (secondary N) is 2. The maximum absolute atomic E-state index is 13.2. The summed E-state index contributed by atoms with van der Waals surface area (Å²) in [5, 5.41) is 5.78. The highest BCUT2D eigenvalue weighted by Crippen LogP contribution is 2.25. The Kier molecular flexibility index (Phi) is 7.34. The van der Waals surface area contributed by atoms with Crippen molar-refractivity contribution in [3.05, 3.63) is 75.7 Å². The van der Waals surface area contributed by atoms with Gasteiger partial charge in [0.15, 0.2) is 0 Å². The molecule has 176 valence electrons. The third kappa shape index (κ3) is 5.67. The van der Waals surface area contributed by atoms with E-state index in [0.29, 0.717) is 30.1 Å². The summed E-state index contributed by atoms with van der Waals surface area (Å²) < 4.78 is 5.20. The van der Waals surface area contributed by atoms with Crippen LogP contribution in [0.1, 0.15) is 25.7 Å². The smallest absolute Gasteiger partial charge is 0.262 e. The number of thiophene rings is 1. The maximum Gasteiger partial charge on any atom is 0.262 e. The summed E-state index contributed by atoms with van der Waals surface area (Å²) in [6, 6.07) is 11.9. The highest BCUT2D eigenvalue weighted by molar-refractivity contribution is 7.13. The second-order valence-corrected chi connectivity index (χ2v) is 9.37. The van der Waals surface area contributed by atoms with Crippen molar-refractivity contribution in [3.63, 3.8) is 0 Å². The summed E-state index contributed by atoms with van der Waals surface area (Å²) in [5.41, 5.74) is 3.13. The maximum atomic E-state index is 13.2. The molecule has 4 rings (SSSR count). The number of rotatable bonds is 7. The largest absolute Gasteiger partial charge is 0.370 e. The monoisotopic (exact) mass is 478 g/mol. The normalized spacial score (nSPS) is 14.5. The zero-order valence-corrected chi connectivity index (χ0v) is 19.9. The lowest BCUT2D eigenvalue weighted by Crippen LogP contribution is -2.45. The van der Waals surface area contributed by atoms with Crippen molar-refractivity contribution in [2.45, 2.75) is 26.3 Å². The van der Waals surface area contributed by atoms with Crippen molar-refractivity contribution in [2.75, 3.05) is 30.0 Å². The molecule has 1 aromatic carbocycles. The molecule has 1 aliphatic heterocycles. The van der Waals surface area contributed by atoms with E-state index in [0.717, 1.165) is 21.7 Å². The minimum absolute atomic E-state index is 0.0675. The summed E-state index contributed by atoms with van der Waals surface area (Å²) in [7, 11) is 0. The second-order valence-electron chi connectivity index (χ2n) is 8.08. The fourth-order valence-corrected chi connectivity index (χ4v) is 4.56. The molecule has 3 amide bonds. The predicted octanol–water partition coefficient (Wildman–Crippen LogP) is 3.10. The number of amides is 3.